The Morgan fingerprint density at radius 2 is 2.19 bits per heavy atom. The summed E-state index contributed by atoms with van der Waals surface area (Å²) in [4.78, 5) is 13.5. The van der Waals surface area contributed by atoms with Gasteiger partial charge >= 0.3 is 0 Å². The van der Waals surface area contributed by atoms with E-state index in [1.54, 1.807) is 18.2 Å². The van der Waals surface area contributed by atoms with Gasteiger partial charge in [-0.3, -0.25) is 4.79 Å². The minimum absolute atomic E-state index is 0.0416. The summed E-state index contributed by atoms with van der Waals surface area (Å²) >= 11 is 7.35. The second kappa shape index (κ2) is 7.28. The molecule has 21 heavy (non-hydrogen) atoms. The van der Waals surface area contributed by atoms with Crippen LogP contribution in [0.3, 0.4) is 0 Å². The molecule has 3 nitrogen and oxygen atoms in total. The molecule has 0 radical (unpaired) electrons. The van der Waals surface area contributed by atoms with E-state index in [1.165, 1.54) is 11.3 Å². The summed E-state index contributed by atoms with van der Waals surface area (Å²) in [7, 11) is 0. The highest BCUT2D eigenvalue weighted by molar-refractivity contribution is 7.14. The van der Waals surface area contributed by atoms with Crippen molar-refractivity contribution in [2.45, 2.75) is 13.3 Å². The van der Waals surface area contributed by atoms with E-state index in [0.29, 0.717) is 22.0 Å². The topological polar surface area (TPSA) is 49.3 Å². The van der Waals surface area contributed by atoms with E-state index in [2.05, 4.69) is 17.2 Å². The summed E-state index contributed by atoms with van der Waals surface area (Å²) in [5.41, 5.74) is 1.63. The molecule has 1 heterocycles. The van der Waals surface area contributed by atoms with E-state index in [4.69, 9.17) is 16.7 Å². The zero-order valence-electron chi connectivity index (χ0n) is 11.4. The average Bonchev–Trinajstić information content (AvgIpc) is 2.92. The number of thiophene rings is 1. The fourth-order valence-corrected chi connectivity index (χ4v) is 2.55. The highest BCUT2D eigenvalue weighted by atomic mass is 35.5. The Morgan fingerprint density at radius 1 is 1.38 bits per heavy atom. The van der Waals surface area contributed by atoms with Gasteiger partial charge in [0.05, 0.1) is 16.4 Å². The lowest BCUT2D eigenvalue weighted by atomic mass is 10.2. The Balaban J connectivity index is 2.07. The molecule has 108 valence electrons. The van der Waals surface area contributed by atoms with Crippen LogP contribution >= 0.6 is 22.9 Å². The molecule has 5 heteroatoms. The molecule has 0 unspecified atom stereocenters. The van der Waals surface area contributed by atoms with Crippen LogP contribution in [0.5, 0.6) is 0 Å². The summed E-state index contributed by atoms with van der Waals surface area (Å²) in [6.45, 7) is 1.95. The normalized spacial score (nSPS) is 9.86. The van der Waals surface area contributed by atoms with Crippen LogP contribution in [0, 0.1) is 18.8 Å². The van der Waals surface area contributed by atoms with Crippen molar-refractivity contribution in [1.29, 1.82) is 0 Å². The standard InChI is InChI=1S/C16H14ClNO2S/c1-11-5-6-12(10-14(11)17)18-16(20)15-8-7-13(21-15)4-2-3-9-19/h5-8,10,19H,3,9H2,1H3,(H,18,20). The molecule has 2 rings (SSSR count). The van der Waals surface area contributed by atoms with Gasteiger partial charge in [0, 0.05) is 17.1 Å². The fourth-order valence-electron chi connectivity index (χ4n) is 1.60. The van der Waals surface area contributed by atoms with Crippen molar-refractivity contribution in [2.75, 3.05) is 11.9 Å². The van der Waals surface area contributed by atoms with Crippen LogP contribution in [0.2, 0.25) is 5.02 Å². The van der Waals surface area contributed by atoms with Gasteiger partial charge in [-0.25, -0.2) is 0 Å². The number of anilines is 1. The predicted molar refractivity (Wildman–Crippen MR) is 87.0 cm³/mol. The summed E-state index contributed by atoms with van der Waals surface area (Å²) in [6, 6.07) is 8.93. The largest absolute Gasteiger partial charge is 0.395 e. The lowest BCUT2D eigenvalue weighted by Gasteiger charge is -2.05. The van der Waals surface area contributed by atoms with E-state index in [1.807, 2.05) is 19.1 Å². The Morgan fingerprint density at radius 3 is 2.90 bits per heavy atom. The van der Waals surface area contributed by atoms with Crippen molar-refractivity contribution in [1.82, 2.24) is 0 Å². The number of aliphatic hydroxyl groups is 1. The van der Waals surface area contributed by atoms with E-state index in [0.717, 1.165) is 10.4 Å². The Bertz CT molecular complexity index is 713. The summed E-state index contributed by atoms with van der Waals surface area (Å²) in [6.07, 6.45) is 0.432. The number of carbonyl (C=O) groups excluding carboxylic acids is 1. The number of benzene rings is 1. The fraction of sp³-hybridized carbons (Fsp3) is 0.188. The molecule has 2 aromatic rings. The maximum Gasteiger partial charge on any atom is 0.265 e. The van der Waals surface area contributed by atoms with Crippen LogP contribution in [0.15, 0.2) is 30.3 Å². The number of aryl methyl sites for hydroxylation is 1. The number of hydrogen-bond donors (Lipinski definition) is 2. The van der Waals surface area contributed by atoms with E-state index in [9.17, 15) is 4.79 Å². The minimum Gasteiger partial charge on any atom is -0.395 e. The Labute approximate surface area is 132 Å². The maximum absolute atomic E-state index is 12.1. The first-order valence-electron chi connectivity index (χ1n) is 6.37. The molecule has 0 aliphatic rings. The van der Waals surface area contributed by atoms with Gasteiger partial charge in [-0.15, -0.1) is 11.3 Å². The van der Waals surface area contributed by atoms with Crippen LogP contribution < -0.4 is 5.32 Å². The van der Waals surface area contributed by atoms with Crippen LogP contribution in [-0.4, -0.2) is 17.6 Å². The first kappa shape index (κ1) is 15.6. The van der Waals surface area contributed by atoms with Gasteiger partial charge in [-0.05, 0) is 36.8 Å². The van der Waals surface area contributed by atoms with Crippen molar-refractivity contribution >= 4 is 34.5 Å². The maximum atomic E-state index is 12.1. The lowest BCUT2D eigenvalue weighted by Crippen LogP contribution is -2.09. The van der Waals surface area contributed by atoms with Crippen LogP contribution in [0.25, 0.3) is 0 Å². The smallest absolute Gasteiger partial charge is 0.265 e. The van der Waals surface area contributed by atoms with Gasteiger partial charge in [0.1, 0.15) is 0 Å². The molecular formula is C16H14ClNO2S. The average molecular weight is 320 g/mol. The molecule has 0 aliphatic carbocycles. The van der Waals surface area contributed by atoms with Crippen molar-refractivity contribution in [3.63, 3.8) is 0 Å². The van der Waals surface area contributed by atoms with E-state index in [-0.39, 0.29) is 12.5 Å². The zero-order chi connectivity index (χ0) is 15.2. The Hall–Kier alpha value is -1.80. The highest BCUT2D eigenvalue weighted by Gasteiger charge is 2.09. The third-order valence-corrected chi connectivity index (χ3v) is 4.11. The molecule has 0 saturated carbocycles. The first-order valence-corrected chi connectivity index (χ1v) is 7.56. The van der Waals surface area contributed by atoms with Crippen molar-refractivity contribution < 1.29 is 9.90 Å². The number of hydrogen-bond acceptors (Lipinski definition) is 3. The van der Waals surface area contributed by atoms with Gasteiger partial charge in [0.15, 0.2) is 0 Å². The number of carbonyl (C=O) groups is 1. The first-order chi connectivity index (χ1) is 10.1. The molecule has 0 bridgehead atoms. The summed E-state index contributed by atoms with van der Waals surface area (Å²) in [5.74, 6) is 5.55. The third kappa shape index (κ3) is 4.33. The third-order valence-electron chi connectivity index (χ3n) is 2.71. The van der Waals surface area contributed by atoms with Crippen molar-refractivity contribution in [3.8, 4) is 11.8 Å². The molecule has 0 atom stereocenters. The van der Waals surface area contributed by atoms with E-state index < -0.39 is 0 Å². The number of halogens is 1. The monoisotopic (exact) mass is 319 g/mol. The van der Waals surface area contributed by atoms with Gasteiger partial charge in [0.25, 0.3) is 5.91 Å². The van der Waals surface area contributed by atoms with Gasteiger partial charge in [-0.1, -0.05) is 29.5 Å². The second-order valence-corrected chi connectivity index (χ2v) is 5.85. The lowest BCUT2D eigenvalue weighted by molar-refractivity contribution is 0.103. The van der Waals surface area contributed by atoms with Gasteiger partial charge < -0.3 is 10.4 Å². The molecule has 0 fully saturated rings. The molecule has 1 aromatic heterocycles. The van der Waals surface area contributed by atoms with Crippen LogP contribution in [-0.2, 0) is 0 Å². The molecule has 2 N–H and O–H groups in total. The SMILES string of the molecule is Cc1ccc(NC(=O)c2ccc(C#CCCO)s2)cc1Cl. The number of amides is 1. The summed E-state index contributed by atoms with van der Waals surface area (Å²) in [5, 5.41) is 12.1. The zero-order valence-corrected chi connectivity index (χ0v) is 13.0. The summed E-state index contributed by atoms with van der Waals surface area (Å²) < 4.78 is 0. The van der Waals surface area contributed by atoms with Crippen molar-refractivity contribution in [2.24, 2.45) is 0 Å². The van der Waals surface area contributed by atoms with E-state index >= 15 is 0 Å². The quantitative estimate of drug-likeness (QED) is 0.848. The molecule has 0 aliphatic heterocycles. The second-order valence-electron chi connectivity index (χ2n) is 4.36. The van der Waals surface area contributed by atoms with Crippen LogP contribution in [0.4, 0.5) is 5.69 Å². The van der Waals surface area contributed by atoms with Gasteiger partial charge in [-0.2, -0.15) is 0 Å². The van der Waals surface area contributed by atoms with Crippen molar-refractivity contribution in [3.05, 3.63) is 50.7 Å². The molecule has 1 aromatic carbocycles. The molecule has 1 amide bonds. The highest BCUT2D eigenvalue weighted by Crippen LogP contribution is 2.22. The molecular weight excluding hydrogens is 306 g/mol. The molecule has 0 saturated heterocycles. The molecule has 0 spiro atoms. The minimum atomic E-state index is -0.185. The Kier molecular flexibility index (Phi) is 5.40. The van der Waals surface area contributed by atoms with Crippen LogP contribution in [0.1, 0.15) is 26.5 Å². The van der Waals surface area contributed by atoms with Gasteiger partial charge in [0.2, 0.25) is 0 Å². The predicted octanol–water partition coefficient (Wildman–Crippen LogP) is 3.70. The number of nitrogens with one attached hydrogen (secondary N) is 1. The number of aliphatic hydroxyl groups excluding tert-OH is 1. The number of rotatable bonds is 3.